The molecule has 35 heavy (non-hydrogen) atoms. The Balaban J connectivity index is 1.43. The van der Waals surface area contributed by atoms with E-state index in [0.717, 1.165) is 11.1 Å². The molecule has 1 N–H and O–H groups in total. The number of benzene rings is 2. The molecule has 176 valence electrons. The van der Waals surface area contributed by atoms with Gasteiger partial charge < -0.3 is 10.1 Å². The van der Waals surface area contributed by atoms with Crippen molar-refractivity contribution in [2.75, 3.05) is 5.32 Å². The lowest BCUT2D eigenvalue weighted by atomic mass is 10.00. The zero-order valence-corrected chi connectivity index (χ0v) is 20.5. The summed E-state index contributed by atoms with van der Waals surface area (Å²) in [5.41, 5.74) is 3.69. The molecular weight excluding hydrogens is 482 g/mol. The fraction of sp³-hybridized carbons (Fsp3) is 0.154. The topological polar surface area (TPSA) is 81.9 Å². The molecule has 0 spiro atoms. The Hall–Kier alpha value is -3.62. The van der Waals surface area contributed by atoms with Crippen molar-refractivity contribution in [1.82, 2.24) is 19.7 Å². The highest BCUT2D eigenvalue weighted by Crippen LogP contribution is 2.36. The van der Waals surface area contributed by atoms with Crippen LogP contribution in [0.1, 0.15) is 29.8 Å². The van der Waals surface area contributed by atoms with Crippen molar-refractivity contribution in [3.05, 3.63) is 112 Å². The van der Waals surface area contributed by atoms with E-state index in [9.17, 15) is 4.79 Å². The predicted molar refractivity (Wildman–Crippen MR) is 136 cm³/mol. The van der Waals surface area contributed by atoms with Crippen molar-refractivity contribution >= 4 is 35.3 Å². The largest absolute Gasteiger partial charge is 0.457 e. The molecule has 0 saturated carbocycles. The zero-order chi connectivity index (χ0) is 24.2. The highest BCUT2D eigenvalue weighted by molar-refractivity contribution is 7.98. The van der Waals surface area contributed by atoms with Gasteiger partial charge in [-0.25, -0.2) is 9.48 Å². The number of allylic oxidation sites excluding steroid dienone is 1. The molecule has 7 nitrogen and oxygen atoms in total. The molecule has 0 radical (unpaired) electrons. The van der Waals surface area contributed by atoms with Crippen molar-refractivity contribution < 1.29 is 9.53 Å². The van der Waals surface area contributed by atoms with Gasteiger partial charge in [-0.1, -0.05) is 78.0 Å². The summed E-state index contributed by atoms with van der Waals surface area (Å²) in [6.07, 6.45) is 1.70. The number of aromatic nitrogens is 4. The lowest BCUT2D eigenvalue weighted by molar-refractivity contribution is -0.140. The van der Waals surface area contributed by atoms with Crippen molar-refractivity contribution in [2.45, 2.75) is 30.5 Å². The maximum absolute atomic E-state index is 13.3. The Morgan fingerprint density at radius 3 is 2.63 bits per heavy atom. The summed E-state index contributed by atoms with van der Waals surface area (Å²) in [7, 11) is 0. The summed E-state index contributed by atoms with van der Waals surface area (Å²) in [5, 5.41) is 9.21. The third-order valence-electron chi connectivity index (χ3n) is 5.55. The van der Waals surface area contributed by atoms with E-state index in [2.05, 4.69) is 15.3 Å². The lowest BCUT2D eigenvalue weighted by Gasteiger charge is -2.27. The minimum absolute atomic E-state index is 0.175. The quantitative estimate of drug-likeness (QED) is 0.258. The van der Waals surface area contributed by atoms with E-state index in [-0.39, 0.29) is 6.61 Å². The van der Waals surface area contributed by atoms with Gasteiger partial charge in [0, 0.05) is 22.7 Å². The van der Waals surface area contributed by atoms with Gasteiger partial charge in [0.1, 0.15) is 12.6 Å². The number of nitrogens with zero attached hydrogens (tertiary/aromatic N) is 4. The summed E-state index contributed by atoms with van der Waals surface area (Å²) in [6, 6.07) is 22.3. The van der Waals surface area contributed by atoms with E-state index in [1.807, 2.05) is 79.7 Å². The monoisotopic (exact) mass is 503 g/mol. The van der Waals surface area contributed by atoms with E-state index >= 15 is 0 Å². The Morgan fingerprint density at radius 2 is 1.86 bits per heavy atom. The lowest BCUT2D eigenvalue weighted by Crippen LogP contribution is -2.30. The van der Waals surface area contributed by atoms with Crippen LogP contribution >= 0.6 is 23.4 Å². The number of halogens is 1. The second-order valence-corrected chi connectivity index (χ2v) is 9.27. The van der Waals surface area contributed by atoms with Crippen molar-refractivity contribution in [3.63, 3.8) is 0 Å². The average molecular weight is 504 g/mol. The molecule has 0 amide bonds. The molecule has 3 heterocycles. The summed E-state index contributed by atoms with van der Waals surface area (Å²) in [5.74, 6) is 0.732. The number of carbonyl (C=O) groups excluding carboxylic acids is 1. The molecule has 1 aliphatic heterocycles. The second kappa shape index (κ2) is 10.3. The normalized spacial score (nSPS) is 14.9. The molecule has 1 atom stereocenters. The minimum Gasteiger partial charge on any atom is -0.457 e. The molecule has 4 aromatic rings. The van der Waals surface area contributed by atoms with Gasteiger partial charge in [-0.3, -0.25) is 4.98 Å². The number of hydrogen-bond donors (Lipinski definition) is 1. The van der Waals surface area contributed by atoms with E-state index < -0.39 is 12.0 Å². The molecule has 1 unspecified atom stereocenters. The number of pyridine rings is 1. The first kappa shape index (κ1) is 23.1. The van der Waals surface area contributed by atoms with Crippen LogP contribution in [-0.4, -0.2) is 25.7 Å². The molecule has 5 rings (SSSR count). The number of hydrogen-bond acceptors (Lipinski definition) is 7. The number of esters is 1. The molecule has 2 aromatic heterocycles. The zero-order valence-electron chi connectivity index (χ0n) is 18.9. The number of rotatable bonds is 7. The van der Waals surface area contributed by atoms with Gasteiger partial charge in [0.05, 0.1) is 11.3 Å². The van der Waals surface area contributed by atoms with Crippen molar-refractivity contribution in [1.29, 1.82) is 0 Å². The minimum atomic E-state index is -0.571. The second-order valence-electron chi connectivity index (χ2n) is 7.93. The molecule has 0 aliphatic carbocycles. The molecule has 9 heteroatoms. The van der Waals surface area contributed by atoms with Gasteiger partial charge >= 0.3 is 5.97 Å². The Morgan fingerprint density at radius 1 is 1.09 bits per heavy atom. The number of anilines is 1. The number of fused-ring (bicyclic) bond motifs is 1. The van der Waals surface area contributed by atoms with Crippen LogP contribution in [0.4, 0.5) is 5.95 Å². The van der Waals surface area contributed by atoms with Crippen LogP contribution in [-0.2, 0) is 21.9 Å². The summed E-state index contributed by atoms with van der Waals surface area (Å²) in [4.78, 5) is 22.5. The third-order valence-corrected chi connectivity index (χ3v) is 6.80. The van der Waals surface area contributed by atoms with E-state index in [0.29, 0.717) is 38.8 Å². The Labute approximate surface area is 212 Å². The van der Waals surface area contributed by atoms with Crippen LogP contribution in [0.2, 0.25) is 5.02 Å². The third kappa shape index (κ3) is 5.08. The first-order chi connectivity index (χ1) is 17.1. The first-order valence-electron chi connectivity index (χ1n) is 11.0. The highest BCUT2D eigenvalue weighted by atomic mass is 35.5. The van der Waals surface area contributed by atoms with Crippen LogP contribution in [0.25, 0.3) is 0 Å². The maximum Gasteiger partial charge on any atom is 0.338 e. The summed E-state index contributed by atoms with van der Waals surface area (Å²) in [6.45, 7) is 2.01. The van der Waals surface area contributed by atoms with Gasteiger partial charge in [0.25, 0.3) is 0 Å². The standard InChI is InChI=1S/C26H22ClN5O2S/c1-17-22(24(33)34-15-18-9-3-2-4-10-18)23(21-13-7-8-14-28-21)32-25(29-17)30-26(31-32)35-16-19-11-5-6-12-20(19)27/h2-14,23H,15-16H2,1H3,(H,29,30,31). The summed E-state index contributed by atoms with van der Waals surface area (Å²) >= 11 is 7.78. The van der Waals surface area contributed by atoms with Crippen LogP contribution < -0.4 is 5.32 Å². The smallest absolute Gasteiger partial charge is 0.338 e. The molecule has 0 fully saturated rings. The number of thioether (sulfide) groups is 1. The number of ether oxygens (including phenoxy) is 1. The highest BCUT2D eigenvalue weighted by Gasteiger charge is 2.36. The van der Waals surface area contributed by atoms with Crippen molar-refractivity contribution in [2.24, 2.45) is 0 Å². The van der Waals surface area contributed by atoms with Gasteiger partial charge in [0.2, 0.25) is 11.1 Å². The SMILES string of the molecule is CC1=C(C(=O)OCc2ccccc2)C(c2ccccn2)n2nc(SCc3ccccc3Cl)nc2N1. The van der Waals surface area contributed by atoms with Gasteiger partial charge in [-0.15, -0.1) is 5.10 Å². The van der Waals surface area contributed by atoms with Gasteiger partial charge in [-0.05, 0) is 36.2 Å². The van der Waals surface area contributed by atoms with E-state index in [1.165, 1.54) is 11.8 Å². The number of nitrogens with one attached hydrogen (secondary N) is 1. The summed E-state index contributed by atoms with van der Waals surface area (Å²) < 4.78 is 7.38. The Bertz CT molecular complexity index is 1380. The average Bonchev–Trinajstić information content (AvgIpc) is 3.29. The van der Waals surface area contributed by atoms with Crippen LogP contribution in [0.15, 0.2) is 95.4 Å². The molecule has 2 aromatic carbocycles. The molecule has 1 aliphatic rings. The fourth-order valence-corrected chi connectivity index (χ4v) is 4.94. The maximum atomic E-state index is 13.3. The van der Waals surface area contributed by atoms with Crippen LogP contribution in [0, 0.1) is 0 Å². The fourth-order valence-electron chi connectivity index (χ4n) is 3.83. The predicted octanol–water partition coefficient (Wildman–Crippen LogP) is 5.65. The van der Waals surface area contributed by atoms with Gasteiger partial charge in [0.15, 0.2) is 0 Å². The molecule has 0 bridgehead atoms. The number of carbonyl (C=O) groups is 1. The van der Waals surface area contributed by atoms with E-state index in [4.69, 9.17) is 21.4 Å². The van der Waals surface area contributed by atoms with Gasteiger partial charge in [-0.2, -0.15) is 4.98 Å². The van der Waals surface area contributed by atoms with Crippen LogP contribution in [0.3, 0.4) is 0 Å². The molecule has 0 saturated heterocycles. The Kier molecular flexibility index (Phi) is 6.83. The first-order valence-corrected chi connectivity index (χ1v) is 12.4. The molecular formula is C26H22ClN5O2S. The van der Waals surface area contributed by atoms with E-state index in [1.54, 1.807) is 10.9 Å². The van der Waals surface area contributed by atoms with Crippen molar-refractivity contribution in [3.8, 4) is 0 Å². The van der Waals surface area contributed by atoms with Crippen LogP contribution in [0.5, 0.6) is 0 Å².